The second kappa shape index (κ2) is 11.1. The molecule has 3 heterocycles. The van der Waals surface area contributed by atoms with Crippen LogP contribution in [0.3, 0.4) is 0 Å². The van der Waals surface area contributed by atoms with Gasteiger partial charge in [0.1, 0.15) is 0 Å². The molecule has 5 aliphatic carbocycles. The molecule has 5 saturated carbocycles. The third-order valence-electron chi connectivity index (χ3n) is 16.1. The standard InChI is InChI=1S/C38H62N2O8/c1-21-16-24(32(34(5,6)43)46-22(2)41)47-30-29(21)35(7)12-13-37-20-36(37)11-10-27(48-28-17-40(14-15-45-28)23-18-44-19-23)33(3,4)25(36)8-9-26(37)38(35,39)31(30)42/h21,23-32,42-43H,8-20,39H2,1-7H3/t21-,24?,25+,26?,27+,28?,29+,30?,31-,32+,35-,36-,37?,38+/m1/s1. The lowest BCUT2D eigenvalue weighted by molar-refractivity contribution is -0.254. The number of esters is 1. The zero-order valence-electron chi connectivity index (χ0n) is 30.4. The van der Waals surface area contributed by atoms with Crippen LogP contribution in [0.2, 0.25) is 0 Å². The Morgan fingerprint density at radius 2 is 1.77 bits per heavy atom. The van der Waals surface area contributed by atoms with E-state index in [-0.39, 0.29) is 51.8 Å². The number of rotatable bonds is 6. The number of fused-ring (bicyclic) bond motifs is 4. The van der Waals surface area contributed by atoms with E-state index in [0.29, 0.717) is 25.0 Å². The van der Waals surface area contributed by atoms with Crippen LogP contribution in [0.15, 0.2) is 0 Å². The molecule has 48 heavy (non-hydrogen) atoms. The summed E-state index contributed by atoms with van der Waals surface area (Å²) in [6, 6.07) is 0.496. The molecule has 0 bridgehead atoms. The molecule has 0 aromatic carbocycles. The molecule has 272 valence electrons. The van der Waals surface area contributed by atoms with Gasteiger partial charge in [-0.25, -0.2) is 0 Å². The van der Waals surface area contributed by atoms with Gasteiger partial charge in [-0.1, -0.05) is 27.7 Å². The second-order valence-corrected chi connectivity index (χ2v) is 19.0. The number of aliphatic hydroxyl groups excluding tert-OH is 1. The van der Waals surface area contributed by atoms with Crippen LogP contribution in [-0.2, 0) is 28.5 Å². The summed E-state index contributed by atoms with van der Waals surface area (Å²) < 4.78 is 31.0. The van der Waals surface area contributed by atoms with Crippen LogP contribution in [0.4, 0.5) is 0 Å². The van der Waals surface area contributed by atoms with Crippen molar-refractivity contribution in [3.8, 4) is 0 Å². The van der Waals surface area contributed by atoms with E-state index in [9.17, 15) is 15.0 Å². The molecule has 8 aliphatic rings. The molecule has 2 spiro atoms. The molecule has 8 rings (SSSR count). The number of carbonyl (C=O) groups is 1. The summed E-state index contributed by atoms with van der Waals surface area (Å²) >= 11 is 0. The normalized spacial score (nSPS) is 52.1. The molecule has 10 nitrogen and oxygen atoms in total. The number of hydrogen-bond donors (Lipinski definition) is 3. The fourth-order valence-electron chi connectivity index (χ4n) is 13.9. The van der Waals surface area contributed by atoms with E-state index in [1.54, 1.807) is 13.8 Å². The first-order valence-electron chi connectivity index (χ1n) is 19.1. The maximum absolute atomic E-state index is 12.5. The maximum Gasteiger partial charge on any atom is 0.303 e. The van der Waals surface area contributed by atoms with Crippen molar-refractivity contribution < 1.29 is 38.7 Å². The summed E-state index contributed by atoms with van der Waals surface area (Å²) in [6.07, 6.45) is 5.62. The third-order valence-corrected chi connectivity index (χ3v) is 16.1. The molecule has 0 amide bonds. The van der Waals surface area contributed by atoms with Gasteiger partial charge in [0, 0.05) is 13.5 Å². The molecule has 0 aromatic rings. The summed E-state index contributed by atoms with van der Waals surface area (Å²) in [5.41, 5.74) is 5.85. The first-order chi connectivity index (χ1) is 22.5. The highest BCUT2D eigenvalue weighted by Gasteiger charge is 2.85. The summed E-state index contributed by atoms with van der Waals surface area (Å²) in [5, 5.41) is 23.5. The quantitative estimate of drug-likeness (QED) is 0.359. The summed E-state index contributed by atoms with van der Waals surface area (Å²) in [5.74, 6) is 0.617. The smallest absolute Gasteiger partial charge is 0.303 e. The van der Waals surface area contributed by atoms with Crippen molar-refractivity contribution in [2.45, 2.75) is 154 Å². The summed E-state index contributed by atoms with van der Waals surface area (Å²) in [7, 11) is 0. The second-order valence-electron chi connectivity index (χ2n) is 19.0. The Morgan fingerprint density at radius 3 is 2.44 bits per heavy atom. The van der Waals surface area contributed by atoms with E-state index in [4.69, 9.17) is 29.4 Å². The third kappa shape index (κ3) is 4.55. The fraction of sp³-hybridized carbons (Fsp3) is 0.974. The van der Waals surface area contributed by atoms with E-state index < -0.39 is 41.5 Å². The van der Waals surface area contributed by atoms with Crippen LogP contribution in [0.25, 0.3) is 0 Å². The highest BCUT2D eigenvalue weighted by Crippen LogP contribution is 2.87. The van der Waals surface area contributed by atoms with Gasteiger partial charge in [-0.3, -0.25) is 9.69 Å². The lowest BCUT2D eigenvalue weighted by atomic mass is 9.43. The first-order valence-corrected chi connectivity index (χ1v) is 19.1. The Hall–Kier alpha value is -0.850. The summed E-state index contributed by atoms with van der Waals surface area (Å²) in [6.45, 7) is 18.3. The molecule has 0 radical (unpaired) electrons. The molecule has 3 aliphatic heterocycles. The average molecular weight is 675 g/mol. The summed E-state index contributed by atoms with van der Waals surface area (Å²) in [4.78, 5) is 14.6. The van der Waals surface area contributed by atoms with Crippen molar-refractivity contribution in [3.63, 3.8) is 0 Å². The van der Waals surface area contributed by atoms with E-state index >= 15 is 0 Å². The highest BCUT2D eigenvalue weighted by atomic mass is 16.7. The van der Waals surface area contributed by atoms with Gasteiger partial charge in [-0.05, 0) is 111 Å². The molecular formula is C38H62N2O8. The topological polar surface area (TPSA) is 133 Å². The largest absolute Gasteiger partial charge is 0.457 e. The molecule has 5 unspecified atom stereocenters. The Kier molecular flexibility index (Phi) is 7.90. The van der Waals surface area contributed by atoms with Gasteiger partial charge in [0.15, 0.2) is 12.4 Å². The fourth-order valence-corrected chi connectivity index (χ4v) is 13.9. The first kappa shape index (κ1) is 34.2. The van der Waals surface area contributed by atoms with Crippen LogP contribution in [-0.4, -0.2) is 108 Å². The zero-order valence-corrected chi connectivity index (χ0v) is 30.4. The van der Waals surface area contributed by atoms with Gasteiger partial charge >= 0.3 is 5.97 Å². The zero-order chi connectivity index (χ0) is 34.2. The van der Waals surface area contributed by atoms with E-state index in [2.05, 4.69) is 32.6 Å². The Balaban J connectivity index is 1.03. The number of morpholine rings is 1. The van der Waals surface area contributed by atoms with Crippen molar-refractivity contribution in [3.05, 3.63) is 0 Å². The van der Waals surface area contributed by atoms with Gasteiger partial charge in [-0.15, -0.1) is 0 Å². The van der Waals surface area contributed by atoms with Crippen LogP contribution < -0.4 is 5.73 Å². The van der Waals surface area contributed by atoms with Crippen LogP contribution in [0.5, 0.6) is 0 Å². The number of carbonyl (C=O) groups excluding carboxylic acids is 1. The van der Waals surface area contributed by atoms with Crippen molar-refractivity contribution in [2.75, 3.05) is 32.9 Å². The van der Waals surface area contributed by atoms with Gasteiger partial charge < -0.3 is 39.6 Å². The lowest BCUT2D eigenvalue weighted by Crippen LogP contribution is -2.70. The molecule has 8 fully saturated rings. The number of ether oxygens (including phenoxy) is 5. The van der Waals surface area contributed by atoms with Gasteiger partial charge in [0.2, 0.25) is 0 Å². The minimum absolute atomic E-state index is 0.0103. The van der Waals surface area contributed by atoms with Gasteiger partial charge in [-0.2, -0.15) is 0 Å². The minimum Gasteiger partial charge on any atom is -0.457 e. The monoisotopic (exact) mass is 674 g/mol. The van der Waals surface area contributed by atoms with Crippen molar-refractivity contribution in [2.24, 2.45) is 51.1 Å². The van der Waals surface area contributed by atoms with Gasteiger partial charge in [0.05, 0.1) is 68.0 Å². The number of hydrogen-bond acceptors (Lipinski definition) is 10. The lowest BCUT2D eigenvalue weighted by Gasteiger charge is -2.63. The van der Waals surface area contributed by atoms with E-state index in [0.717, 1.165) is 64.8 Å². The Labute approximate surface area is 287 Å². The molecule has 14 atom stereocenters. The van der Waals surface area contributed by atoms with Crippen LogP contribution in [0.1, 0.15) is 99.8 Å². The molecule has 3 saturated heterocycles. The predicted molar refractivity (Wildman–Crippen MR) is 178 cm³/mol. The molecule has 0 aromatic heterocycles. The predicted octanol–water partition coefficient (Wildman–Crippen LogP) is 3.64. The maximum atomic E-state index is 12.5. The minimum atomic E-state index is -1.28. The highest BCUT2D eigenvalue weighted by molar-refractivity contribution is 5.66. The average Bonchev–Trinajstić information content (AvgIpc) is 3.61. The Bertz CT molecular complexity index is 1290. The Morgan fingerprint density at radius 1 is 1.06 bits per heavy atom. The van der Waals surface area contributed by atoms with Crippen molar-refractivity contribution in [1.82, 2.24) is 4.90 Å². The van der Waals surface area contributed by atoms with E-state index in [1.807, 2.05) is 0 Å². The van der Waals surface area contributed by atoms with E-state index in [1.165, 1.54) is 13.3 Å². The van der Waals surface area contributed by atoms with Crippen LogP contribution >= 0.6 is 0 Å². The number of aliphatic hydroxyl groups is 2. The van der Waals surface area contributed by atoms with Gasteiger partial charge in [0.25, 0.3) is 0 Å². The van der Waals surface area contributed by atoms with Crippen molar-refractivity contribution in [1.29, 1.82) is 0 Å². The van der Waals surface area contributed by atoms with Crippen LogP contribution in [0, 0.1) is 45.3 Å². The molecular weight excluding hydrogens is 612 g/mol. The van der Waals surface area contributed by atoms with Crippen molar-refractivity contribution >= 4 is 5.97 Å². The SMILES string of the molecule is CC(=O)O[C@@H](C1C[C@@H](C)[C@H]2C(O1)[C@@H](O)[C@@]1(N)C3CC[C@H]4C(C)(C)[C@@H](OC5CN(C6COC6)CCO5)CC[C@@]45CC35CC[C@]21C)C(C)(C)O. The molecule has 4 N–H and O–H groups in total. The number of nitrogens with zero attached hydrogens (tertiary/aromatic N) is 1. The molecule has 10 heteroatoms. The number of nitrogens with two attached hydrogens (primary N) is 1.